The van der Waals surface area contributed by atoms with Gasteiger partial charge in [-0.1, -0.05) is 0 Å². The maximum atomic E-state index is 12.6. The summed E-state index contributed by atoms with van der Waals surface area (Å²) in [6.07, 6.45) is 7.61. The third kappa shape index (κ3) is 3.69. The van der Waals surface area contributed by atoms with Crippen LogP contribution in [-0.2, 0) is 13.6 Å². The Morgan fingerprint density at radius 2 is 2.29 bits per heavy atom. The van der Waals surface area contributed by atoms with Crippen molar-refractivity contribution in [2.24, 2.45) is 13.0 Å². The van der Waals surface area contributed by atoms with Crippen LogP contribution in [0.1, 0.15) is 28.9 Å². The average molecular weight is 349 g/mol. The average Bonchev–Trinajstić information content (AvgIpc) is 3.16. The molecule has 6 heteroatoms. The van der Waals surface area contributed by atoms with Gasteiger partial charge in [0, 0.05) is 32.5 Å². The van der Waals surface area contributed by atoms with E-state index in [2.05, 4.69) is 25.9 Å². The van der Waals surface area contributed by atoms with Crippen molar-refractivity contribution in [3.63, 3.8) is 0 Å². The number of imidazole rings is 1. The molecule has 5 nitrogen and oxygen atoms in total. The molecule has 1 aliphatic carbocycles. The molecule has 0 bridgehead atoms. The first-order valence-electron chi connectivity index (χ1n) is 6.99. The van der Waals surface area contributed by atoms with Crippen LogP contribution in [0.3, 0.4) is 0 Å². The molecule has 0 spiro atoms. The van der Waals surface area contributed by atoms with Crippen LogP contribution in [0.15, 0.2) is 35.5 Å². The molecule has 0 aromatic carbocycles. The van der Waals surface area contributed by atoms with E-state index in [0.717, 1.165) is 16.7 Å². The summed E-state index contributed by atoms with van der Waals surface area (Å²) in [6.45, 7) is 1.39. The molecule has 0 radical (unpaired) electrons. The summed E-state index contributed by atoms with van der Waals surface area (Å²) in [4.78, 5) is 22.8. The van der Waals surface area contributed by atoms with E-state index in [-0.39, 0.29) is 5.91 Å². The molecule has 2 aromatic heterocycles. The number of hydrogen-bond acceptors (Lipinski definition) is 3. The summed E-state index contributed by atoms with van der Waals surface area (Å²) >= 11 is 3.37. The van der Waals surface area contributed by atoms with E-state index in [1.165, 1.54) is 12.8 Å². The smallest absolute Gasteiger partial charge is 0.274 e. The van der Waals surface area contributed by atoms with Crippen LogP contribution in [0.2, 0.25) is 0 Å². The van der Waals surface area contributed by atoms with E-state index in [0.29, 0.717) is 18.2 Å². The van der Waals surface area contributed by atoms with E-state index >= 15 is 0 Å². The Hall–Kier alpha value is -1.69. The summed E-state index contributed by atoms with van der Waals surface area (Å²) in [7, 11) is 1.87. The SMILES string of the molecule is Cn1cnc(C(=O)N(Cc2ccnc(Br)c2)CC2CC2)c1. The van der Waals surface area contributed by atoms with Crippen molar-refractivity contribution in [3.8, 4) is 0 Å². The summed E-state index contributed by atoms with van der Waals surface area (Å²) in [5.41, 5.74) is 1.58. The van der Waals surface area contributed by atoms with Gasteiger partial charge in [-0.25, -0.2) is 9.97 Å². The van der Waals surface area contributed by atoms with Gasteiger partial charge in [-0.2, -0.15) is 0 Å². The number of rotatable bonds is 5. The topological polar surface area (TPSA) is 51.0 Å². The van der Waals surface area contributed by atoms with Crippen molar-refractivity contribution in [1.29, 1.82) is 0 Å². The van der Waals surface area contributed by atoms with E-state index < -0.39 is 0 Å². The van der Waals surface area contributed by atoms with Gasteiger partial charge in [-0.3, -0.25) is 4.79 Å². The first kappa shape index (κ1) is 14.3. The Bertz CT molecular complexity index is 651. The lowest BCUT2D eigenvalue weighted by atomic mass is 10.2. The number of carbonyl (C=O) groups is 1. The lowest BCUT2D eigenvalue weighted by molar-refractivity contribution is 0.0729. The molecule has 0 N–H and O–H groups in total. The van der Waals surface area contributed by atoms with Crippen molar-refractivity contribution in [2.45, 2.75) is 19.4 Å². The summed E-state index contributed by atoms with van der Waals surface area (Å²) < 4.78 is 2.59. The Balaban J connectivity index is 1.78. The fourth-order valence-corrected chi connectivity index (χ4v) is 2.69. The summed E-state index contributed by atoms with van der Waals surface area (Å²) in [6, 6.07) is 3.89. The molecule has 1 fully saturated rings. The maximum Gasteiger partial charge on any atom is 0.274 e. The number of halogens is 1. The monoisotopic (exact) mass is 348 g/mol. The molecule has 0 unspecified atom stereocenters. The molecule has 1 aliphatic rings. The summed E-state index contributed by atoms with van der Waals surface area (Å²) in [5, 5.41) is 0. The number of hydrogen-bond donors (Lipinski definition) is 0. The largest absolute Gasteiger partial charge is 0.340 e. The number of amides is 1. The number of pyridine rings is 1. The minimum atomic E-state index is -0.00423. The highest BCUT2D eigenvalue weighted by Crippen LogP contribution is 2.30. The lowest BCUT2D eigenvalue weighted by Gasteiger charge is -2.22. The van der Waals surface area contributed by atoms with E-state index in [4.69, 9.17) is 0 Å². The van der Waals surface area contributed by atoms with Crippen LogP contribution in [0.25, 0.3) is 0 Å². The number of aromatic nitrogens is 3. The van der Waals surface area contributed by atoms with Gasteiger partial charge in [0.1, 0.15) is 10.3 Å². The van der Waals surface area contributed by atoms with Crippen molar-refractivity contribution in [3.05, 3.63) is 46.7 Å². The third-order valence-electron chi connectivity index (χ3n) is 3.55. The predicted molar refractivity (Wildman–Crippen MR) is 82.6 cm³/mol. The zero-order valence-electron chi connectivity index (χ0n) is 11.9. The molecule has 1 amide bonds. The van der Waals surface area contributed by atoms with Gasteiger partial charge in [-0.05, 0) is 52.4 Å². The molecular weight excluding hydrogens is 332 g/mol. The molecule has 2 heterocycles. The molecule has 0 aliphatic heterocycles. The molecule has 110 valence electrons. The fraction of sp³-hybridized carbons (Fsp3) is 0.400. The highest BCUT2D eigenvalue weighted by molar-refractivity contribution is 9.10. The van der Waals surface area contributed by atoms with Crippen LogP contribution in [-0.4, -0.2) is 31.9 Å². The van der Waals surface area contributed by atoms with Gasteiger partial charge in [0.15, 0.2) is 0 Å². The molecule has 21 heavy (non-hydrogen) atoms. The second-order valence-electron chi connectivity index (χ2n) is 5.54. The third-order valence-corrected chi connectivity index (χ3v) is 3.98. The number of aryl methyl sites for hydroxylation is 1. The second kappa shape index (κ2) is 5.97. The van der Waals surface area contributed by atoms with Gasteiger partial charge in [-0.15, -0.1) is 0 Å². The van der Waals surface area contributed by atoms with E-state index in [9.17, 15) is 4.79 Å². The standard InChI is InChI=1S/C15H17BrN4O/c1-19-9-13(18-10-19)15(21)20(7-11-2-3-11)8-12-4-5-17-14(16)6-12/h4-6,9-11H,2-3,7-8H2,1H3. The minimum absolute atomic E-state index is 0.00423. The van der Waals surface area contributed by atoms with Gasteiger partial charge in [0.25, 0.3) is 5.91 Å². The Kier molecular flexibility index (Phi) is 4.05. The van der Waals surface area contributed by atoms with Gasteiger partial charge in [0.05, 0.1) is 6.33 Å². The number of carbonyl (C=O) groups excluding carboxylic acids is 1. The highest BCUT2D eigenvalue weighted by Gasteiger charge is 2.28. The molecule has 3 rings (SSSR count). The van der Waals surface area contributed by atoms with Gasteiger partial charge >= 0.3 is 0 Å². The Labute approximate surface area is 132 Å². The van der Waals surface area contributed by atoms with Crippen LogP contribution in [0.4, 0.5) is 0 Å². The highest BCUT2D eigenvalue weighted by atomic mass is 79.9. The van der Waals surface area contributed by atoms with Gasteiger partial charge in [0.2, 0.25) is 0 Å². The van der Waals surface area contributed by atoms with Crippen LogP contribution >= 0.6 is 15.9 Å². The maximum absolute atomic E-state index is 12.6. The number of nitrogens with zero attached hydrogens (tertiary/aromatic N) is 4. The molecule has 0 atom stereocenters. The van der Waals surface area contributed by atoms with Crippen LogP contribution in [0, 0.1) is 5.92 Å². The summed E-state index contributed by atoms with van der Waals surface area (Å²) in [5.74, 6) is 0.637. The fourth-order valence-electron chi connectivity index (χ4n) is 2.28. The minimum Gasteiger partial charge on any atom is -0.340 e. The van der Waals surface area contributed by atoms with Crippen molar-refractivity contribution in [2.75, 3.05) is 6.54 Å². The normalized spacial score (nSPS) is 14.2. The first-order chi connectivity index (χ1) is 10.1. The van der Waals surface area contributed by atoms with Crippen LogP contribution < -0.4 is 0 Å². The van der Waals surface area contributed by atoms with Crippen molar-refractivity contribution < 1.29 is 4.79 Å². The second-order valence-corrected chi connectivity index (χ2v) is 6.35. The zero-order chi connectivity index (χ0) is 14.8. The molecule has 2 aromatic rings. The Morgan fingerprint density at radius 1 is 1.48 bits per heavy atom. The van der Waals surface area contributed by atoms with E-state index in [1.807, 2.05) is 24.1 Å². The zero-order valence-corrected chi connectivity index (χ0v) is 13.5. The Morgan fingerprint density at radius 3 is 2.90 bits per heavy atom. The molecule has 0 saturated heterocycles. The molecular formula is C15H17BrN4O. The van der Waals surface area contributed by atoms with Crippen LogP contribution in [0.5, 0.6) is 0 Å². The predicted octanol–water partition coefficient (Wildman–Crippen LogP) is 2.63. The first-order valence-corrected chi connectivity index (χ1v) is 7.79. The van der Waals surface area contributed by atoms with Gasteiger partial charge < -0.3 is 9.47 Å². The van der Waals surface area contributed by atoms with Crippen molar-refractivity contribution >= 4 is 21.8 Å². The molecule has 1 saturated carbocycles. The lowest BCUT2D eigenvalue weighted by Crippen LogP contribution is -2.32. The van der Waals surface area contributed by atoms with Crippen molar-refractivity contribution in [1.82, 2.24) is 19.4 Å². The quantitative estimate of drug-likeness (QED) is 0.780. The van der Waals surface area contributed by atoms with E-state index in [1.54, 1.807) is 23.3 Å².